The van der Waals surface area contributed by atoms with Gasteiger partial charge in [-0.2, -0.15) is 0 Å². The summed E-state index contributed by atoms with van der Waals surface area (Å²) in [5.74, 6) is -0.163. The summed E-state index contributed by atoms with van der Waals surface area (Å²) in [6, 6.07) is 4.02. The Labute approximate surface area is 90.7 Å². The molecule has 1 aromatic carbocycles. The molecule has 0 saturated heterocycles. The van der Waals surface area contributed by atoms with Crippen molar-refractivity contribution in [2.45, 2.75) is 0 Å². The van der Waals surface area contributed by atoms with Gasteiger partial charge in [-0.3, -0.25) is 4.98 Å². The predicted octanol–water partition coefficient (Wildman–Crippen LogP) is 2.52. The highest BCUT2D eigenvalue weighted by molar-refractivity contribution is 6.33. The summed E-state index contributed by atoms with van der Waals surface area (Å²) in [6.45, 7) is 0. The lowest BCUT2D eigenvalue weighted by Crippen LogP contribution is -1.96. The number of halogens is 2. The fourth-order valence-corrected chi connectivity index (χ4v) is 1.44. The van der Waals surface area contributed by atoms with Crippen LogP contribution in [-0.2, 0) is 0 Å². The van der Waals surface area contributed by atoms with Crippen LogP contribution in [0.4, 0.5) is 10.2 Å². The van der Waals surface area contributed by atoms with Crippen molar-refractivity contribution in [2.75, 3.05) is 5.73 Å². The molecular formula is C10H7ClFN3. The van der Waals surface area contributed by atoms with Gasteiger partial charge in [-0.05, 0) is 18.2 Å². The molecule has 0 bridgehead atoms. The SMILES string of the molecule is Nc1nccnc1-c1cc(F)ccc1Cl. The van der Waals surface area contributed by atoms with Crippen molar-refractivity contribution in [3.8, 4) is 11.3 Å². The Bertz CT molecular complexity index is 502. The van der Waals surface area contributed by atoms with Crippen molar-refractivity contribution in [2.24, 2.45) is 0 Å². The van der Waals surface area contributed by atoms with E-state index in [9.17, 15) is 4.39 Å². The minimum absolute atomic E-state index is 0.227. The Kier molecular flexibility index (Phi) is 2.51. The Morgan fingerprint density at radius 2 is 1.93 bits per heavy atom. The van der Waals surface area contributed by atoms with Gasteiger partial charge in [-0.15, -0.1) is 0 Å². The Hall–Kier alpha value is -1.68. The average molecular weight is 224 g/mol. The molecule has 1 aromatic heterocycles. The van der Waals surface area contributed by atoms with Crippen LogP contribution >= 0.6 is 11.6 Å². The minimum Gasteiger partial charge on any atom is -0.382 e. The fraction of sp³-hybridized carbons (Fsp3) is 0. The minimum atomic E-state index is -0.389. The lowest BCUT2D eigenvalue weighted by molar-refractivity contribution is 0.628. The molecule has 0 radical (unpaired) electrons. The molecule has 0 spiro atoms. The zero-order chi connectivity index (χ0) is 10.8. The maximum Gasteiger partial charge on any atom is 0.150 e. The number of anilines is 1. The topological polar surface area (TPSA) is 51.8 Å². The van der Waals surface area contributed by atoms with Crippen molar-refractivity contribution in [1.82, 2.24) is 9.97 Å². The maximum atomic E-state index is 13.0. The second kappa shape index (κ2) is 3.82. The number of nitrogens with two attached hydrogens (primary N) is 1. The van der Waals surface area contributed by atoms with Gasteiger partial charge in [0, 0.05) is 18.0 Å². The first-order chi connectivity index (χ1) is 7.18. The van der Waals surface area contributed by atoms with E-state index in [0.29, 0.717) is 16.3 Å². The molecule has 0 fully saturated rings. The van der Waals surface area contributed by atoms with E-state index < -0.39 is 0 Å². The van der Waals surface area contributed by atoms with Crippen molar-refractivity contribution in [3.63, 3.8) is 0 Å². The molecule has 3 nitrogen and oxygen atoms in total. The molecule has 5 heteroatoms. The average Bonchev–Trinajstić information content (AvgIpc) is 2.23. The van der Waals surface area contributed by atoms with Gasteiger partial charge in [0.25, 0.3) is 0 Å². The first kappa shape index (κ1) is 9.86. The van der Waals surface area contributed by atoms with E-state index >= 15 is 0 Å². The zero-order valence-electron chi connectivity index (χ0n) is 7.61. The molecule has 0 atom stereocenters. The van der Waals surface area contributed by atoms with E-state index in [0.717, 1.165) is 0 Å². The summed E-state index contributed by atoms with van der Waals surface area (Å²) in [7, 11) is 0. The van der Waals surface area contributed by atoms with Crippen molar-refractivity contribution >= 4 is 17.4 Å². The normalized spacial score (nSPS) is 10.3. The third kappa shape index (κ3) is 1.89. The van der Waals surface area contributed by atoms with Crippen LogP contribution in [0, 0.1) is 5.82 Å². The fourth-order valence-electron chi connectivity index (χ4n) is 1.24. The number of aromatic nitrogens is 2. The molecule has 76 valence electrons. The van der Waals surface area contributed by atoms with E-state index in [4.69, 9.17) is 17.3 Å². The van der Waals surface area contributed by atoms with Gasteiger partial charge in [0.05, 0.1) is 5.02 Å². The third-order valence-corrected chi connectivity index (χ3v) is 2.24. The summed E-state index contributed by atoms with van der Waals surface area (Å²) < 4.78 is 13.0. The van der Waals surface area contributed by atoms with Gasteiger partial charge >= 0.3 is 0 Å². The van der Waals surface area contributed by atoms with Crippen LogP contribution in [-0.4, -0.2) is 9.97 Å². The highest BCUT2D eigenvalue weighted by Gasteiger charge is 2.09. The lowest BCUT2D eigenvalue weighted by atomic mass is 10.1. The number of hydrogen-bond donors (Lipinski definition) is 1. The molecule has 0 saturated carbocycles. The van der Waals surface area contributed by atoms with Crippen LogP contribution in [0.1, 0.15) is 0 Å². The monoisotopic (exact) mass is 223 g/mol. The van der Waals surface area contributed by atoms with E-state index in [1.807, 2.05) is 0 Å². The zero-order valence-corrected chi connectivity index (χ0v) is 8.37. The van der Waals surface area contributed by atoms with Gasteiger partial charge in [0.1, 0.15) is 17.3 Å². The number of hydrogen-bond acceptors (Lipinski definition) is 3. The molecule has 2 rings (SSSR count). The second-order valence-corrected chi connectivity index (χ2v) is 3.32. The van der Waals surface area contributed by atoms with Crippen LogP contribution in [0.5, 0.6) is 0 Å². The summed E-state index contributed by atoms with van der Waals surface area (Å²) in [5.41, 5.74) is 6.45. The van der Waals surface area contributed by atoms with E-state index in [1.165, 1.54) is 30.6 Å². The second-order valence-electron chi connectivity index (χ2n) is 2.91. The molecule has 0 amide bonds. The van der Waals surface area contributed by atoms with Gasteiger partial charge < -0.3 is 5.73 Å². The Morgan fingerprint density at radius 3 is 2.67 bits per heavy atom. The van der Waals surface area contributed by atoms with Crippen LogP contribution < -0.4 is 5.73 Å². The summed E-state index contributed by atoms with van der Waals surface area (Å²) in [4.78, 5) is 7.87. The van der Waals surface area contributed by atoms with E-state index in [-0.39, 0.29) is 11.6 Å². The first-order valence-corrected chi connectivity index (χ1v) is 4.58. The van der Waals surface area contributed by atoms with E-state index in [1.54, 1.807) is 0 Å². The molecule has 2 aromatic rings. The molecule has 0 aliphatic carbocycles. The molecule has 0 aliphatic heterocycles. The summed E-state index contributed by atoms with van der Waals surface area (Å²) in [6.07, 6.45) is 2.94. The molecule has 15 heavy (non-hydrogen) atoms. The Morgan fingerprint density at radius 1 is 1.20 bits per heavy atom. The van der Waals surface area contributed by atoms with E-state index in [2.05, 4.69) is 9.97 Å². The number of nitrogen functional groups attached to an aromatic ring is 1. The number of nitrogens with zero attached hydrogens (tertiary/aromatic N) is 2. The first-order valence-electron chi connectivity index (χ1n) is 4.20. The predicted molar refractivity (Wildman–Crippen MR) is 56.8 cm³/mol. The van der Waals surface area contributed by atoms with Gasteiger partial charge in [-0.1, -0.05) is 11.6 Å². The molecule has 2 N–H and O–H groups in total. The Balaban J connectivity index is 2.64. The van der Waals surface area contributed by atoms with Gasteiger partial charge in [0.2, 0.25) is 0 Å². The van der Waals surface area contributed by atoms with Gasteiger partial charge in [-0.25, -0.2) is 9.37 Å². The van der Waals surface area contributed by atoms with Crippen molar-refractivity contribution in [3.05, 3.63) is 41.4 Å². The highest BCUT2D eigenvalue weighted by Crippen LogP contribution is 2.29. The van der Waals surface area contributed by atoms with Crippen LogP contribution in [0.2, 0.25) is 5.02 Å². The molecule has 1 heterocycles. The maximum absolute atomic E-state index is 13.0. The summed E-state index contributed by atoms with van der Waals surface area (Å²) >= 11 is 5.91. The third-order valence-electron chi connectivity index (χ3n) is 1.91. The van der Waals surface area contributed by atoms with Gasteiger partial charge in [0.15, 0.2) is 0 Å². The number of rotatable bonds is 1. The van der Waals surface area contributed by atoms with Crippen molar-refractivity contribution in [1.29, 1.82) is 0 Å². The molecule has 0 aliphatic rings. The largest absolute Gasteiger partial charge is 0.382 e. The highest BCUT2D eigenvalue weighted by atomic mass is 35.5. The van der Waals surface area contributed by atoms with Crippen LogP contribution in [0.3, 0.4) is 0 Å². The molecular weight excluding hydrogens is 217 g/mol. The standard InChI is InChI=1S/C10H7ClFN3/c11-8-2-1-6(12)5-7(8)9-10(13)15-4-3-14-9/h1-5H,(H2,13,15). The van der Waals surface area contributed by atoms with Crippen LogP contribution in [0.15, 0.2) is 30.6 Å². The van der Waals surface area contributed by atoms with Crippen molar-refractivity contribution < 1.29 is 4.39 Å². The van der Waals surface area contributed by atoms with Crippen LogP contribution in [0.25, 0.3) is 11.3 Å². The number of benzene rings is 1. The summed E-state index contributed by atoms with van der Waals surface area (Å²) in [5, 5.41) is 0.392. The smallest absolute Gasteiger partial charge is 0.150 e. The quantitative estimate of drug-likeness (QED) is 0.808. The lowest BCUT2D eigenvalue weighted by Gasteiger charge is -2.05. The molecule has 0 unspecified atom stereocenters.